The van der Waals surface area contributed by atoms with E-state index in [9.17, 15) is 0 Å². The second-order valence-corrected chi connectivity index (χ2v) is 5.17. The Labute approximate surface area is 126 Å². The summed E-state index contributed by atoms with van der Waals surface area (Å²) in [6.45, 7) is 1.21. The zero-order valence-electron chi connectivity index (χ0n) is 10.3. The van der Waals surface area contributed by atoms with E-state index in [1.807, 2.05) is 22.8 Å². The van der Waals surface area contributed by atoms with Crippen molar-refractivity contribution in [2.24, 2.45) is 0 Å². The number of hydrogen-bond donors (Lipinski definition) is 1. The highest BCUT2D eigenvalue weighted by atomic mass is 35.5. The van der Waals surface area contributed by atoms with Crippen molar-refractivity contribution >= 4 is 35.4 Å². The Balaban J connectivity index is 2.31. The van der Waals surface area contributed by atoms with Crippen molar-refractivity contribution in [1.29, 1.82) is 0 Å². The molecule has 0 radical (unpaired) electrons. The van der Waals surface area contributed by atoms with Crippen LogP contribution < -0.4 is 0 Å². The number of aromatic nitrogens is 3. The number of rotatable bonds is 5. The third kappa shape index (κ3) is 3.36. The van der Waals surface area contributed by atoms with E-state index in [-0.39, 0.29) is 0 Å². The Morgan fingerprint density at radius 2 is 2.05 bits per heavy atom. The highest BCUT2D eigenvalue weighted by Gasteiger charge is 2.12. The van der Waals surface area contributed by atoms with Crippen molar-refractivity contribution in [3.63, 3.8) is 0 Å². The van der Waals surface area contributed by atoms with Crippen molar-refractivity contribution in [1.82, 2.24) is 14.8 Å². The Morgan fingerprint density at radius 1 is 1.37 bits per heavy atom. The van der Waals surface area contributed by atoms with Crippen LogP contribution in [0, 0.1) is 4.77 Å². The van der Waals surface area contributed by atoms with Crippen LogP contribution in [0.25, 0.3) is 0 Å². The maximum atomic E-state index is 6.16. The van der Waals surface area contributed by atoms with Crippen molar-refractivity contribution in [3.05, 3.63) is 44.4 Å². The molecule has 1 N–H and O–H groups in total. The van der Waals surface area contributed by atoms with Crippen molar-refractivity contribution < 1.29 is 4.74 Å². The van der Waals surface area contributed by atoms with Crippen LogP contribution in [0.4, 0.5) is 0 Å². The maximum Gasteiger partial charge on any atom is 0.195 e. The maximum absolute atomic E-state index is 6.16. The number of hydrogen-bond acceptors (Lipinski definition) is 3. The lowest BCUT2D eigenvalue weighted by atomic mass is 10.1. The number of nitrogens with one attached hydrogen (secondary N) is 1. The van der Waals surface area contributed by atoms with Crippen LogP contribution in [0.2, 0.25) is 10.0 Å². The summed E-state index contributed by atoms with van der Waals surface area (Å²) >= 11 is 17.5. The van der Waals surface area contributed by atoms with E-state index in [0.717, 1.165) is 11.4 Å². The van der Waals surface area contributed by atoms with Gasteiger partial charge in [0.05, 0.1) is 6.61 Å². The molecule has 0 fully saturated rings. The van der Waals surface area contributed by atoms with Crippen LogP contribution in [0.1, 0.15) is 11.4 Å². The molecule has 2 aromatic rings. The predicted molar refractivity (Wildman–Crippen MR) is 78.6 cm³/mol. The van der Waals surface area contributed by atoms with Gasteiger partial charge in [-0.15, -0.1) is 0 Å². The molecule has 0 aliphatic rings. The highest BCUT2D eigenvalue weighted by Crippen LogP contribution is 2.26. The topological polar surface area (TPSA) is 42.8 Å². The van der Waals surface area contributed by atoms with Gasteiger partial charge in [0.2, 0.25) is 0 Å². The monoisotopic (exact) mass is 317 g/mol. The standard InChI is InChI=1S/C12H13Cl2N3OS/c1-18-6-5-17-11(15-16-12(17)19)7-8-9(13)3-2-4-10(8)14/h2-4H,5-7H2,1H3,(H,16,19). The van der Waals surface area contributed by atoms with Gasteiger partial charge in [0.15, 0.2) is 4.77 Å². The number of methoxy groups -OCH3 is 1. The smallest absolute Gasteiger partial charge is 0.195 e. The second-order valence-electron chi connectivity index (χ2n) is 3.97. The SMILES string of the molecule is COCCn1c(Cc2c(Cl)cccc2Cl)n[nH]c1=S. The molecule has 4 nitrogen and oxygen atoms in total. The molecule has 1 heterocycles. The molecule has 0 aliphatic carbocycles. The Hall–Kier alpha value is -0.880. The largest absolute Gasteiger partial charge is 0.383 e. The summed E-state index contributed by atoms with van der Waals surface area (Å²) in [4.78, 5) is 0. The molecular weight excluding hydrogens is 305 g/mol. The van der Waals surface area contributed by atoms with Gasteiger partial charge in [0.1, 0.15) is 5.82 Å². The van der Waals surface area contributed by atoms with Gasteiger partial charge in [0.25, 0.3) is 0 Å². The van der Waals surface area contributed by atoms with E-state index in [0.29, 0.717) is 34.4 Å². The van der Waals surface area contributed by atoms with Gasteiger partial charge in [0, 0.05) is 30.1 Å². The van der Waals surface area contributed by atoms with Crippen molar-refractivity contribution in [3.8, 4) is 0 Å². The summed E-state index contributed by atoms with van der Waals surface area (Å²) in [6, 6.07) is 5.43. The zero-order chi connectivity index (χ0) is 13.8. The number of aromatic amines is 1. The fourth-order valence-electron chi connectivity index (χ4n) is 1.76. The van der Waals surface area contributed by atoms with E-state index in [1.165, 1.54) is 0 Å². The molecule has 0 amide bonds. The summed E-state index contributed by atoms with van der Waals surface area (Å²) in [5, 5.41) is 8.25. The molecule has 0 spiro atoms. The van der Waals surface area contributed by atoms with Crippen LogP contribution in [-0.4, -0.2) is 28.5 Å². The summed E-state index contributed by atoms with van der Waals surface area (Å²) in [5.74, 6) is 0.789. The van der Waals surface area contributed by atoms with E-state index < -0.39 is 0 Å². The summed E-state index contributed by atoms with van der Waals surface area (Å²) < 4.78 is 7.51. The number of halogens is 2. The molecule has 0 saturated heterocycles. The lowest BCUT2D eigenvalue weighted by Crippen LogP contribution is -2.09. The van der Waals surface area contributed by atoms with Crippen molar-refractivity contribution in [2.45, 2.75) is 13.0 Å². The third-order valence-electron chi connectivity index (χ3n) is 2.75. The normalized spacial score (nSPS) is 10.9. The van der Waals surface area contributed by atoms with Crippen LogP contribution in [0.5, 0.6) is 0 Å². The van der Waals surface area contributed by atoms with Gasteiger partial charge < -0.3 is 9.30 Å². The molecule has 1 aromatic heterocycles. The van der Waals surface area contributed by atoms with Gasteiger partial charge in [-0.1, -0.05) is 29.3 Å². The summed E-state index contributed by atoms with van der Waals surface area (Å²) in [5.41, 5.74) is 0.846. The molecule has 0 saturated carbocycles. The molecule has 0 unspecified atom stereocenters. The minimum Gasteiger partial charge on any atom is -0.383 e. The fourth-order valence-corrected chi connectivity index (χ4v) is 2.53. The molecule has 1 aromatic carbocycles. The summed E-state index contributed by atoms with van der Waals surface area (Å²) in [7, 11) is 1.65. The minimum absolute atomic E-state index is 0.523. The van der Waals surface area contributed by atoms with Crippen molar-refractivity contribution in [2.75, 3.05) is 13.7 Å². The first kappa shape index (κ1) is 14.5. The van der Waals surface area contributed by atoms with Gasteiger partial charge in [-0.2, -0.15) is 5.10 Å². The van der Waals surface area contributed by atoms with Crippen LogP contribution >= 0.6 is 35.4 Å². The number of H-pyrrole nitrogens is 1. The van der Waals surface area contributed by atoms with Crippen LogP contribution in [0.3, 0.4) is 0 Å². The molecule has 2 rings (SSSR count). The Morgan fingerprint density at radius 3 is 2.68 bits per heavy atom. The Bertz CT molecular complexity index is 603. The number of ether oxygens (including phenoxy) is 1. The zero-order valence-corrected chi connectivity index (χ0v) is 12.6. The van der Waals surface area contributed by atoms with Gasteiger partial charge in [-0.25, -0.2) is 0 Å². The first-order chi connectivity index (χ1) is 9.13. The van der Waals surface area contributed by atoms with Crippen LogP contribution in [0.15, 0.2) is 18.2 Å². The van der Waals surface area contributed by atoms with E-state index in [4.69, 9.17) is 40.2 Å². The molecule has 0 bridgehead atoms. The van der Waals surface area contributed by atoms with Gasteiger partial charge in [-0.05, 0) is 29.9 Å². The lowest BCUT2D eigenvalue weighted by Gasteiger charge is -2.08. The van der Waals surface area contributed by atoms with E-state index in [1.54, 1.807) is 7.11 Å². The van der Waals surface area contributed by atoms with Crippen LogP contribution in [-0.2, 0) is 17.7 Å². The fraction of sp³-hybridized carbons (Fsp3) is 0.333. The predicted octanol–water partition coefficient (Wildman–Crippen LogP) is 3.48. The van der Waals surface area contributed by atoms with E-state index in [2.05, 4.69) is 10.2 Å². The third-order valence-corrected chi connectivity index (χ3v) is 3.77. The lowest BCUT2D eigenvalue weighted by molar-refractivity contribution is 0.186. The molecule has 0 aliphatic heterocycles. The molecular formula is C12H13Cl2N3OS. The molecule has 102 valence electrons. The second kappa shape index (κ2) is 6.52. The molecule has 19 heavy (non-hydrogen) atoms. The molecule has 7 heteroatoms. The number of benzene rings is 1. The minimum atomic E-state index is 0.523. The summed E-state index contributed by atoms with van der Waals surface area (Å²) in [6.07, 6.45) is 0.523. The average Bonchev–Trinajstić information content (AvgIpc) is 2.72. The Kier molecular flexibility index (Phi) is 4.99. The molecule has 0 atom stereocenters. The van der Waals surface area contributed by atoms with Gasteiger partial charge >= 0.3 is 0 Å². The first-order valence-electron chi connectivity index (χ1n) is 5.69. The average molecular weight is 318 g/mol. The van der Waals surface area contributed by atoms with Gasteiger partial charge in [-0.3, -0.25) is 5.10 Å². The quantitative estimate of drug-likeness (QED) is 0.858. The number of nitrogens with zero attached hydrogens (tertiary/aromatic N) is 2. The highest BCUT2D eigenvalue weighted by molar-refractivity contribution is 7.71. The van der Waals surface area contributed by atoms with E-state index >= 15 is 0 Å². The first-order valence-corrected chi connectivity index (χ1v) is 6.85.